The molecule has 0 amide bonds. The maximum Gasteiger partial charge on any atom is 0.169 e. The monoisotopic (exact) mass is 963 g/mol. The average Bonchev–Trinajstić information content (AvgIpc) is 3.70. The molecule has 4 aromatic rings. The maximum absolute atomic E-state index is 15.0. The molecule has 8 nitrogen and oxygen atoms in total. The van der Waals surface area contributed by atoms with E-state index in [0.29, 0.717) is 35.1 Å². The number of ether oxygens (including phenoxy) is 6. The van der Waals surface area contributed by atoms with Gasteiger partial charge in [-0.3, -0.25) is 0 Å². The highest BCUT2D eigenvalue weighted by atomic mass is 16.8. The summed E-state index contributed by atoms with van der Waals surface area (Å²) in [5, 5.41) is 30.1. The molecule has 1 heterocycles. The third-order valence-electron chi connectivity index (χ3n) is 15.5. The van der Waals surface area contributed by atoms with Gasteiger partial charge in [0.15, 0.2) is 5.79 Å². The Kier molecular flexibility index (Phi) is 17.0. The van der Waals surface area contributed by atoms with Crippen molar-refractivity contribution in [1.29, 1.82) is 0 Å². The molecule has 2 fully saturated rings. The first-order chi connectivity index (χ1) is 32.9. The summed E-state index contributed by atoms with van der Waals surface area (Å²) in [4.78, 5) is 0. The lowest BCUT2D eigenvalue weighted by Gasteiger charge is -2.44. The predicted molar refractivity (Wildman–Crippen MR) is 286 cm³/mol. The predicted octanol–water partition coefficient (Wildman–Crippen LogP) is 15.3. The zero-order valence-corrected chi connectivity index (χ0v) is 46.8. The molecule has 70 heavy (non-hydrogen) atoms. The molecule has 0 bridgehead atoms. The SMILES string of the molecule is COc1c(C(C)C)cc(C(O)(c2cc(C(C)C)c(OC)c(C(C)C)c2)[C@@H]2OC3(CCCCC3)O[C@H]2C(O)(c2cc(C(C)C)c(OC)c(C(C)C)c2)c2cc(C(C)C)c(OC)c(C(C)C)c2)cc1C(C)C. The van der Waals surface area contributed by atoms with E-state index in [2.05, 4.69) is 159 Å². The van der Waals surface area contributed by atoms with Crippen LogP contribution < -0.4 is 18.9 Å². The number of benzene rings is 4. The number of aliphatic hydroxyl groups is 2. The van der Waals surface area contributed by atoms with Gasteiger partial charge in [0, 0.05) is 12.8 Å². The lowest BCUT2D eigenvalue weighted by molar-refractivity contribution is -0.213. The molecular formula is C62H90O8. The standard InChI is InChI=1S/C62H90O8/c1-34(2)46-26-42(27-47(35(3)4)54(46)65-17)61(63,43-28-48(36(5)6)55(66-18)49(29-43)37(7)8)58-59(70-60(69-58)24-22-21-23-25-60)62(64,44-30-50(38(9)10)56(67-19)51(31-44)39(11)12)45-32-52(40(13)14)57(68-20)53(33-45)41(15)16/h26-41,58-59,63-64H,21-25H2,1-20H3/t58-,59-/m1/s1. The van der Waals surface area contributed by atoms with Gasteiger partial charge in [0.2, 0.25) is 0 Å². The maximum atomic E-state index is 15.0. The lowest BCUT2D eigenvalue weighted by atomic mass is 9.69. The van der Waals surface area contributed by atoms with Crippen LogP contribution in [-0.2, 0) is 20.7 Å². The summed E-state index contributed by atoms with van der Waals surface area (Å²) in [5.74, 6) is 2.58. The Bertz CT molecular complexity index is 2030. The van der Waals surface area contributed by atoms with Gasteiger partial charge < -0.3 is 38.6 Å². The van der Waals surface area contributed by atoms with Gasteiger partial charge in [0.25, 0.3) is 0 Å². The third kappa shape index (κ3) is 9.89. The molecule has 1 spiro atoms. The minimum absolute atomic E-state index is 0.0505. The van der Waals surface area contributed by atoms with Crippen LogP contribution in [0.4, 0.5) is 0 Å². The highest BCUT2D eigenvalue weighted by Crippen LogP contribution is 2.57. The summed E-state index contributed by atoms with van der Waals surface area (Å²) in [6.07, 6.45) is 1.75. The van der Waals surface area contributed by atoms with Crippen LogP contribution in [0.15, 0.2) is 48.5 Å². The molecule has 386 valence electrons. The summed E-state index contributed by atoms with van der Waals surface area (Å²) >= 11 is 0. The fourth-order valence-electron chi connectivity index (χ4n) is 11.5. The Morgan fingerprint density at radius 1 is 0.371 bits per heavy atom. The molecule has 8 heteroatoms. The largest absolute Gasteiger partial charge is 0.496 e. The summed E-state index contributed by atoms with van der Waals surface area (Å²) in [6.45, 7) is 34.7. The van der Waals surface area contributed by atoms with E-state index in [1.54, 1.807) is 28.4 Å². The molecule has 2 aliphatic rings. The fourth-order valence-corrected chi connectivity index (χ4v) is 11.5. The van der Waals surface area contributed by atoms with E-state index >= 15 is 10.2 Å². The van der Waals surface area contributed by atoms with Crippen LogP contribution in [0.2, 0.25) is 0 Å². The summed E-state index contributed by atoms with van der Waals surface area (Å²) in [7, 11) is 6.95. The van der Waals surface area contributed by atoms with Gasteiger partial charge in [-0.15, -0.1) is 0 Å². The zero-order chi connectivity index (χ0) is 51.9. The second kappa shape index (κ2) is 21.6. The van der Waals surface area contributed by atoms with Gasteiger partial charge in [-0.25, -0.2) is 0 Å². The van der Waals surface area contributed by atoms with Crippen molar-refractivity contribution in [2.75, 3.05) is 28.4 Å². The minimum atomic E-state index is -1.92. The fraction of sp³-hybridized carbons (Fsp3) is 0.613. The van der Waals surface area contributed by atoms with E-state index in [0.717, 1.165) is 86.8 Å². The van der Waals surface area contributed by atoms with Crippen molar-refractivity contribution in [2.45, 2.75) is 219 Å². The second-order valence-corrected chi connectivity index (χ2v) is 23.1. The number of hydrogen-bond acceptors (Lipinski definition) is 8. The molecular weight excluding hydrogens is 873 g/mol. The van der Waals surface area contributed by atoms with Gasteiger partial charge in [0.1, 0.15) is 46.4 Å². The lowest BCUT2D eigenvalue weighted by Crippen LogP contribution is -2.55. The quantitative estimate of drug-likeness (QED) is 0.102. The van der Waals surface area contributed by atoms with E-state index < -0.39 is 29.2 Å². The molecule has 0 aromatic heterocycles. The Hall–Kier alpha value is -4.08. The van der Waals surface area contributed by atoms with Crippen molar-refractivity contribution in [2.24, 2.45) is 0 Å². The van der Waals surface area contributed by atoms with Crippen molar-refractivity contribution < 1.29 is 38.6 Å². The number of rotatable bonds is 18. The van der Waals surface area contributed by atoms with Crippen molar-refractivity contribution >= 4 is 0 Å². The van der Waals surface area contributed by atoms with Crippen molar-refractivity contribution in [1.82, 2.24) is 0 Å². The molecule has 1 saturated heterocycles. The van der Waals surface area contributed by atoms with E-state index in [-0.39, 0.29) is 47.3 Å². The minimum Gasteiger partial charge on any atom is -0.496 e. The van der Waals surface area contributed by atoms with E-state index in [9.17, 15) is 0 Å². The second-order valence-electron chi connectivity index (χ2n) is 23.1. The van der Waals surface area contributed by atoms with Gasteiger partial charge in [0.05, 0.1) is 28.4 Å². The number of hydrogen-bond donors (Lipinski definition) is 2. The van der Waals surface area contributed by atoms with Crippen LogP contribution in [0.25, 0.3) is 0 Å². The van der Waals surface area contributed by atoms with E-state index in [4.69, 9.17) is 28.4 Å². The van der Waals surface area contributed by atoms with Crippen LogP contribution in [0.1, 0.15) is 257 Å². The first-order valence-corrected chi connectivity index (χ1v) is 26.6. The highest BCUT2D eigenvalue weighted by molar-refractivity contribution is 5.59. The smallest absolute Gasteiger partial charge is 0.169 e. The molecule has 4 aromatic carbocycles. The topological polar surface area (TPSA) is 95.8 Å². The molecule has 0 radical (unpaired) electrons. The van der Waals surface area contributed by atoms with E-state index in [1.807, 2.05) is 0 Å². The normalized spacial score (nSPS) is 17.7. The van der Waals surface area contributed by atoms with Crippen LogP contribution >= 0.6 is 0 Å². The third-order valence-corrected chi connectivity index (χ3v) is 15.5. The first-order valence-electron chi connectivity index (χ1n) is 26.6. The highest BCUT2D eigenvalue weighted by Gasteiger charge is 2.64. The molecule has 1 aliphatic heterocycles. The van der Waals surface area contributed by atoms with Crippen LogP contribution in [0, 0.1) is 0 Å². The molecule has 1 aliphatic carbocycles. The van der Waals surface area contributed by atoms with E-state index in [1.165, 1.54) is 0 Å². The van der Waals surface area contributed by atoms with Gasteiger partial charge >= 0.3 is 0 Å². The van der Waals surface area contributed by atoms with Gasteiger partial charge in [-0.1, -0.05) is 117 Å². The van der Waals surface area contributed by atoms with Gasteiger partial charge in [-0.2, -0.15) is 0 Å². The van der Waals surface area contributed by atoms with Crippen LogP contribution in [0.5, 0.6) is 23.0 Å². The average molecular weight is 963 g/mol. The van der Waals surface area contributed by atoms with Crippen LogP contribution in [0.3, 0.4) is 0 Å². The van der Waals surface area contributed by atoms with Gasteiger partial charge in [-0.05, 0) is 175 Å². The summed E-state index contributed by atoms with van der Waals surface area (Å²) in [6, 6.07) is 17.0. The molecule has 0 unspecified atom stereocenters. The Morgan fingerprint density at radius 3 is 0.714 bits per heavy atom. The molecule has 2 atom stereocenters. The first kappa shape index (κ1) is 55.2. The van der Waals surface area contributed by atoms with Crippen molar-refractivity contribution in [3.8, 4) is 23.0 Å². The number of methoxy groups -OCH3 is 4. The van der Waals surface area contributed by atoms with Crippen molar-refractivity contribution in [3.05, 3.63) is 115 Å². The Balaban J connectivity index is 1.90. The summed E-state index contributed by atoms with van der Waals surface area (Å²) in [5.41, 5.74) is 6.68. The van der Waals surface area contributed by atoms with Crippen LogP contribution in [-0.4, -0.2) is 56.6 Å². The zero-order valence-electron chi connectivity index (χ0n) is 46.8. The molecule has 1 saturated carbocycles. The Morgan fingerprint density at radius 2 is 0.557 bits per heavy atom. The van der Waals surface area contributed by atoms with Crippen molar-refractivity contribution in [3.63, 3.8) is 0 Å². The molecule has 6 rings (SSSR count). The molecule has 2 N–H and O–H groups in total. The summed E-state index contributed by atoms with van der Waals surface area (Å²) < 4.78 is 40.5. The Labute approximate surface area is 423 Å².